The van der Waals surface area contributed by atoms with Crippen LogP contribution in [0.5, 0.6) is 0 Å². The zero-order valence-corrected chi connectivity index (χ0v) is 13.4. The molecule has 23 heavy (non-hydrogen) atoms. The highest BCUT2D eigenvalue weighted by Gasteiger charge is 2.28. The Morgan fingerprint density at radius 2 is 2.39 bits per heavy atom. The van der Waals surface area contributed by atoms with Gasteiger partial charge in [-0.1, -0.05) is 0 Å². The van der Waals surface area contributed by atoms with E-state index in [0.717, 1.165) is 5.69 Å². The SMILES string of the molecule is CC(=O)NCc1cnc([C@@H]2CN(C(=O)c3cscn3)CCO2)[nH]1. The number of carbonyl (C=O) groups is 2. The number of carbonyl (C=O) groups excluding carboxylic acids is 2. The lowest BCUT2D eigenvalue weighted by atomic mass is 10.2. The van der Waals surface area contributed by atoms with Crippen molar-refractivity contribution < 1.29 is 14.3 Å². The summed E-state index contributed by atoms with van der Waals surface area (Å²) in [5.41, 5.74) is 2.90. The van der Waals surface area contributed by atoms with Gasteiger partial charge in [0, 0.05) is 18.8 Å². The van der Waals surface area contributed by atoms with Gasteiger partial charge in [-0.2, -0.15) is 0 Å². The summed E-state index contributed by atoms with van der Waals surface area (Å²) in [5.74, 6) is 0.459. The zero-order chi connectivity index (χ0) is 16.2. The molecule has 9 heteroatoms. The molecule has 2 N–H and O–H groups in total. The fourth-order valence-electron chi connectivity index (χ4n) is 2.33. The van der Waals surface area contributed by atoms with Gasteiger partial charge in [0.2, 0.25) is 5.91 Å². The molecule has 0 unspecified atom stereocenters. The largest absolute Gasteiger partial charge is 0.367 e. The van der Waals surface area contributed by atoms with Crippen LogP contribution in [0.3, 0.4) is 0 Å². The predicted octanol–water partition coefficient (Wildman–Crippen LogP) is 0.716. The lowest BCUT2D eigenvalue weighted by Crippen LogP contribution is -2.42. The molecule has 2 amide bonds. The van der Waals surface area contributed by atoms with E-state index in [9.17, 15) is 9.59 Å². The molecule has 8 nitrogen and oxygen atoms in total. The van der Waals surface area contributed by atoms with Crippen molar-refractivity contribution >= 4 is 23.2 Å². The van der Waals surface area contributed by atoms with E-state index in [1.165, 1.54) is 18.3 Å². The Morgan fingerprint density at radius 1 is 1.52 bits per heavy atom. The van der Waals surface area contributed by atoms with E-state index in [-0.39, 0.29) is 17.9 Å². The molecule has 3 rings (SSSR count). The Bertz CT molecular complexity index is 684. The second-order valence-corrected chi connectivity index (χ2v) is 5.91. The highest BCUT2D eigenvalue weighted by molar-refractivity contribution is 7.07. The monoisotopic (exact) mass is 335 g/mol. The molecule has 1 fully saturated rings. The third-order valence-electron chi connectivity index (χ3n) is 3.49. The molecule has 1 saturated heterocycles. The number of imidazole rings is 1. The van der Waals surface area contributed by atoms with Gasteiger partial charge < -0.3 is 19.9 Å². The fraction of sp³-hybridized carbons (Fsp3) is 0.429. The molecule has 0 aliphatic carbocycles. The summed E-state index contributed by atoms with van der Waals surface area (Å²) in [6.45, 7) is 3.25. The first-order chi connectivity index (χ1) is 11.1. The van der Waals surface area contributed by atoms with Crippen molar-refractivity contribution in [3.05, 3.63) is 34.3 Å². The molecule has 1 aliphatic rings. The zero-order valence-electron chi connectivity index (χ0n) is 12.6. The van der Waals surface area contributed by atoms with E-state index in [1.54, 1.807) is 22.0 Å². The van der Waals surface area contributed by atoms with Crippen molar-refractivity contribution in [2.24, 2.45) is 0 Å². The first-order valence-corrected chi connectivity index (χ1v) is 8.15. The molecule has 122 valence electrons. The fourth-order valence-corrected chi connectivity index (χ4v) is 2.85. The summed E-state index contributed by atoms with van der Waals surface area (Å²) in [6, 6.07) is 0. The Balaban J connectivity index is 1.64. The molecule has 2 aromatic heterocycles. The first-order valence-electron chi connectivity index (χ1n) is 7.21. The maximum absolute atomic E-state index is 12.4. The van der Waals surface area contributed by atoms with Crippen LogP contribution in [0, 0.1) is 0 Å². The third kappa shape index (κ3) is 3.74. The number of amides is 2. The van der Waals surface area contributed by atoms with Crippen LogP contribution in [0.15, 0.2) is 17.1 Å². The molecule has 0 radical (unpaired) electrons. The van der Waals surface area contributed by atoms with Crippen LogP contribution in [0.2, 0.25) is 0 Å². The number of aromatic nitrogens is 3. The number of nitrogens with zero attached hydrogens (tertiary/aromatic N) is 3. The van der Waals surface area contributed by atoms with Gasteiger partial charge in [0.05, 0.1) is 37.1 Å². The molecule has 1 atom stereocenters. The second-order valence-electron chi connectivity index (χ2n) is 5.19. The standard InChI is InChI=1S/C14H17N5O3S/c1-9(20)15-4-10-5-16-13(18-10)12-6-19(2-3-22-12)14(21)11-7-23-8-17-11/h5,7-8,12H,2-4,6H2,1H3,(H,15,20)(H,16,18)/t12-/m0/s1. The Hall–Kier alpha value is -2.26. The Morgan fingerprint density at radius 3 is 3.13 bits per heavy atom. The topological polar surface area (TPSA) is 100 Å². The summed E-state index contributed by atoms with van der Waals surface area (Å²) in [7, 11) is 0. The first kappa shape index (κ1) is 15.6. The van der Waals surface area contributed by atoms with Gasteiger partial charge in [-0.15, -0.1) is 11.3 Å². The van der Waals surface area contributed by atoms with Gasteiger partial charge in [0.15, 0.2) is 0 Å². The number of H-pyrrole nitrogens is 1. The minimum atomic E-state index is -0.308. The van der Waals surface area contributed by atoms with Crippen molar-refractivity contribution in [1.82, 2.24) is 25.2 Å². The van der Waals surface area contributed by atoms with Crippen LogP contribution in [-0.4, -0.2) is 51.4 Å². The lowest BCUT2D eigenvalue weighted by Gasteiger charge is -2.31. The minimum Gasteiger partial charge on any atom is -0.367 e. The molecule has 0 saturated carbocycles. The minimum absolute atomic E-state index is 0.0930. The van der Waals surface area contributed by atoms with Crippen LogP contribution < -0.4 is 5.32 Å². The normalized spacial score (nSPS) is 18.0. The molecule has 0 bridgehead atoms. The second kappa shape index (κ2) is 6.88. The lowest BCUT2D eigenvalue weighted by molar-refractivity contribution is -0.119. The Labute approximate surface area is 136 Å². The number of hydrogen-bond acceptors (Lipinski definition) is 6. The van der Waals surface area contributed by atoms with E-state index in [4.69, 9.17) is 4.74 Å². The van der Waals surface area contributed by atoms with Gasteiger partial charge in [0.25, 0.3) is 5.91 Å². The summed E-state index contributed by atoms with van der Waals surface area (Å²) in [6.07, 6.45) is 1.35. The van der Waals surface area contributed by atoms with E-state index in [2.05, 4.69) is 20.3 Å². The van der Waals surface area contributed by atoms with Crippen LogP contribution in [-0.2, 0) is 16.1 Å². The van der Waals surface area contributed by atoms with Crippen molar-refractivity contribution in [3.63, 3.8) is 0 Å². The summed E-state index contributed by atoms with van der Waals surface area (Å²) in [5, 5.41) is 4.44. The van der Waals surface area contributed by atoms with Crippen molar-refractivity contribution in [3.8, 4) is 0 Å². The number of hydrogen-bond donors (Lipinski definition) is 2. The summed E-state index contributed by atoms with van der Waals surface area (Å²) in [4.78, 5) is 36.5. The maximum Gasteiger partial charge on any atom is 0.273 e. The summed E-state index contributed by atoms with van der Waals surface area (Å²) >= 11 is 1.40. The average Bonchev–Trinajstić information content (AvgIpc) is 3.24. The van der Waals surface area contributed by atoms with Crippen LogP contribution in [0.1, 0.15) is 35.0 Å². The summed E-state index contributed by atoms with van der Waals surface area (Å²) < 4.78 is 5.71. The van der Waals surface area contributed by atoms with Crippen LogP contribution in [0.4, 0.5) is 0 Å². The van der Waals surface area contributed by atoms with Crippen molar-refractivity contribution in [2.45, 2.75) is 19.6 Å². The molecular weight excluding hydrogens is 318 g/mol. The van der Waals surface area contributed by atoms with E-state index >= 15 is 0 Å². The van der Waals surface area contributed by atoms with Crippen LogP contribution in [0.25, 0.3) is 0 Å². The smallest absolute Gasteiger partial charge is 0.273 e. The van der Waals surface area contributed by atoms with Crippen LogP contribution >= 0.6 is 11.3 Å². The predicted molar refractivity (Wildman–Crippen MR) is 82.8 cm³/mol. The number of rotatable bonds is 4. The Kier molecular flexibility index (Phi) is 4.68. The van der Waals surface area contributed by atoms with Gasteiger partial charge in [-0.3, -0.25) is 9.59 Å². The molecule has 2 aromatic rings. The highest BCUT2D eigenvalue weighted by atomic mass is 32.1. The molecule has 1 aliphatic heterocycles. The van der Waals surface area contributed by atoms with Crippen molar-refractivity contribution in [2.75, 3.05) is 19.7 Å². The van der Waals surface area contributed by atoms with Gasteiger partial charge in [0.1, 0.15) is 17.6 Å². The number of aromatic amines is 1. The maximum atomic E-state index is 12.4. The molecule has 3 heterocycles. The molecule has 0 aromatic carbocycles. The van der Waals surface area contributed by atoms with E-state index in [0.29, 0.717) is 37.8 Å². The number of thiazole rings is 1. The van der Waals surface area contributed by atoms with Gasteiger partial charge >= 0.3 is 0 Å². The number of morpholine rings is 1. The van der Waals surface area contributed by atoms with Crippen molar-refractivity contribution in [1.29, 1.82) is 0 Å². The highest BCUT2D eigenvalue weighted by Crippen LogP contribution is 2.21. The van der Waals surface area contributed by atoms with E-state index < -0.39 is 0 Å². The molecular formula is C14H17N5O3S. The molecule has 0 spiro atoms. The third-order valence-corrected chi connectivity index (χ3v) is 4.07. The van der Waals surface area contributed by atoms with Gasteiger partial charge in [-0.05, 0) is 0 Å². The number of ether oxygens (including phenoxy) is 1. The van der Waals surface area contributed by atoms with Gasteiger partial charge in [-0.25, -0.2) is 9.97 Å². The quantitative estimate of drug-likeness (QED) is 0.857. The number of nitrogens with one attached hydrogen (secondary N) is 2. The van der Waals surface area contributed by atoms with E-state index in [1.807, 2.05) is 0 Å². The average molecular weight is 335 g/mol.